The number of rotatable bonds is 3. The van der Waals surface area contributed by atoms with Gasteiger partial charge in [0.05, 0.1) is 11.6 Å². The maximum Gasteiger partial charge on any atom is 0.185 e. The zero-order chi connectivity index (χ0) is 15.4. The summed E-state index contributed by atoms with van der Waals surface area (Å²) in [7, 11) is 0. The third-order valence-corrected chi connectivity index (χ3v) is 3.51. The van der Waals surface area contributed by atoms with E-state index in [0.29, 0.717) is 11.1 Å². The van der Waals surface area contributed by atoms with Crippen molar-refractivity contribution < 1.29 is 4.79 Å². The molecule has 0 atom stereocenters. The van der Waals surface area contributed by atoms with Gasteiger partial charge in [-0.15, -0.1) is 0 Å². The summed E-state index contributed by atoms with van der Waals surface area (Å²) in [5.41, 5.74) is 2.02. The highest BCUT2D eigenvalue weighted by molar-refractivity contribution is 6.08. The molecule has 104 valence electrons. The van der Waals surface area contributed by atoms with Crippen molar-refractivity contribution in [3.8, 4) is 6.07 Å². The summed E-state index contributed by atoms with van der Waals surface area (Å²) < 4.78 is 0. The summed E-state index contributed by atoms with van der Waals surface area (Å²) >= 11 is 0. The Kier molecular flexibility index (Phi) is 3.80. The van der Waals surface area contributed by atoms with Gasteiger partial charge in [-0.2, -0.15) is 5.26 Å². The van der Waals surface area contributed by atoms with Crippen LogP contribution in [0.1, 0.15) is 21.5 Å². The molecular weight excluding hydrogens is 270 g/mol. The zero-order valence-corrected chi connectivity index (χ0v) is 11.9. The summed E-state index contributed by atoms with van der Waals surface area (Å²) in [5.74, 6) is -0.106. The second-order valence-corrected chi connectivity index (χ2v) is 4.96. The maximum atomic E-state index is 12.2. The summed E-state index contributed by atoms with van der Waals surface area (Å²) in [5, 5.41) is 11.1. The first-order valence-electron chi connectivity index (χ1n) is 6.98. The Labute approximate surface area is 128 Å². The van der Waals surface area contributed by atoms with E-state index in [0.717, 1.165) is 16.3 Å². The lowest BCUT2D eigenvalue weighted by Gasteiger charge is -2.01. The largest absolute Gasteiger partial charge is 0.289 e. The molecule has 0 aliphatic carbocycles. The molecule has 3 rings (SSSR count). The van der Waals surface area contributed by atoms with Gasteiger partial charge in [0.15, 0.2) is 5.78 Å². The number of hydrogen-bond acceptors (Lipinski definition) is 2. The molecule has 0 saturated carbocycles. The predicted octanol–water partition coefficient (Wildman–Crippen LogP) is 4.61. The van der Waals surface area contributed by atoms with Gasteiger partial charge < -0.3 is 0 Å². The second-order valence-electron chi connectivity index (χ2n) is 4.96. The molecule has 0 amide bonds. The van der Waals surface area contributed by atoms with Crippen LogP contribution in [0.4, 0.5) is 0 Å². The number of nitriles is 1. The summed E-state index contributed by atoms with van der Waals surface area (Å²) in [6, 6.07) is 22.8. The van der Waals surface area contributed by atoms with Crippen LogP contribution in [0.15, 0.2) is 72.8 Å². The van der Waals surface area contributed by atoms with Crippen molar-refractivity contribution in [3.05, 3.63) is 89.5 Å². The van der Waals surface area contributed by atoms with Crippen molar-refractivity contribution in [1.82, 2.24) is 0 Å². The second kappa shape index (κ2) is 6.07. The highest BCUT2D eigenvalue weighted by Crippen LogP contribution is 2.20. The van der Waals surface area contributed by atoms with Gasteiger partial charge in [0, 0.05) is 5.56 Å². The highest BCUT2D eigenvalue weighted by atomic mass is 16.1. The van der Waals surface area contributed by atoms with E-state index >= 15 is 0 Å². The number of nitrogens with zero attached hydrogens (tertiary/aromatic N) is 1. The van der Waals surface area contributed by atoms with Crippen molar-refractivity contribution in [3.63, 3.8) is 0 Å². The Balaban J connectivity index is 1.93. The van der Waals surface area contributed by atoms with Crippen LogP contribution in [0, 0.1) is 11.3 Å². The van der Waals surface area contributed by atoms with E-state index in [1.54, 1.807) is 30.3 Å². The molecule has 0 saturated heterocycles. The van der Waals surface area contributed by atoms with Crippen LogP contribution in [0.5, 0.6) is 0 Å². The van der Waals surface area contributed by atoms with Crippen molar-refractivity contribution in [2.45, 2.75) is 0 Å². The van der Waals surface area contributed by atoms with Crippen LogP contribution in [0.3, 0.4) is 0 Å². The fourth-order valence-corrected chi connectivity index (χ4v) is 2.40. The van der Waals surface area contributed by atoms with Crippen LogP contribution in [0.25, 0.3) is 16.8 Å². The molecule has 22 heavy (non-hydrogen) atoms. The molecule has 3 aromatic carbocycles. The summed E-state index contributed by atoms with van der Waals surface area (Å²) in [4.78, 5) is 12.2. The minimum absolute atomic E-state index is 0.106. The van der Waals surface area contributed by atoms with Gasteiger partial charge in [-0.3, -0.25) is 4.79 Å². The van der Waals surface area contributed by atoms with Crippen molar-refractivity contribution in [1.29, 1.82) is 5.26 Å². The predicted molar refractivity (Wildman–Crippen MR) is 88.5 cm³/mol. The van der Waals surface area contributed by atoms with Crippen LogP contribution >= 0.6 is 0 Å². The molecule has 0 spiro atoms. The minimum Gasteiger partial charge on any atom is -0.289 e. The van der Waals surface area contributed by atoms with Crippen LogP contribution < -0.4 is 0 Å². The molecule has 2 nitrogen and oxygen atoms in total. The Hall–Kier alpha value is -3.18. The van der Waals surface area contributed by atoms with E-state index in [-0.39, 0.29) is 5.78 Å². The van der Waals surface area contributed by atoms with Crippen molar-refractivity contribution >= 4 is 22.6 Å². The van der Waals surface area contributed by atoms with Crippen LogP contribution in [-0.2, 0) is 0 Å². The Morgan fingerprint density at radius 2 is 1.73 bits per heavy atom. The first-order chi connectivity index (χ1) is 10.8. The van der Waals surface area contributed by atoms with E-state index in [1.807, 2.05) is 54.6 Å². The number of carbonyl (C=O) groups excluding carboxylic acids is 1. The number of fused-ring (bicyclic) bond motifs is 1. The fraction of sp³-hybridized carbons (Fsp3) is 0. The maximum absolute atomic E-state index is 12.2. The van der Waals surface area contributed by atoms with E-state index < -0.39 is 0 Å². The van der Waals surface area contributed by atoms with Crippen LogP contribution in [0.2, 0.25) is 0 Å². The topological polar surface area (TPSA) is 40.9 Å². The molecule has 3 aromatic rings. The van der Waals surface area contributed by atoms with Gasteiger partial charge >= 0.3 is 0 Å². The minimum atomic E-state index is -0.106. The van der Waals surface area contributed by atoms with E-state index in [2.05, 4.69) is 0 Å². The highest BCUT2D eigenvalue weighted by Gasteiger charge is 2.03. The zero-order valence-electron chi connectivity index (χ0n) is 11.9. The normalized spacial score (nSPS) is 10.7. The molecule has 0 fully saturated rings. The average molecular weight is 283 g/mol. The van der Waals surface area contributed by atoms with Gasteiger partial charge in [-0.05, 0) is 34.5 Å². The first kappa shape index (κ1) is 13.8. The van der Waals surface area contributed by atoms with E-state index in [4.69, 9.17) is 5.26 Å². The number of benzene rings is 3. The Bertz CT molecular complexity index is 911. The Morgan fingerprint density at radius 1 is 0.955 bits per heavy atom. The smallest absolute Gasteiger partial charge is 0.185 e. The molecule has 0 aliphatic rings. The lowest BCUT2D eigenvalue weighted by Crippen LogP contribution is -1.94. The number of ketones is 1. The van der Waals surface area contributed by atoms with Crippen molar-refractivity contribution in [2.75, 3.05) is 0 Å². The third-order valence-electron chi connectivity index (χ3n) is 3.51. The molecule has 0 N–H and O–H groups in total. The third kappa shape index (κ3) is 2.79. The molecular formula is C20H13NO. The number of hydrogen-bond donors (Lipinski definition) is 0. The molecule has 2 heteroatoms. The summed E-state index contributed by atoms with van der Waals surface area (Å²) in [6.07, 6.45) is 3.38. The van der Waals surface area contributed by atoms with Crippen LogP contribution in [-0.4, -0.2) is 5.78 Å². The van der Waals surface area contributed by atoms with Gasteiger partial charge in [0.1, 0.15) is 0 Å². The Morgan fingerprint density at radius 3 is 2.59 bits per heavy atom. The van der Waals surface area contributed by atoms with Gasteiger partial charge in [0.25, 0.3) is 0 Å². The van der Waals surface area contributed by atoms with Gasteiger partial charge in [0.2, 0.25) is 0 Å². The van der Waals surface area contributed by atoms with E-state index in [1.165, 1.54) is 0 Å². The van der Waals surface area contributed by atoms with Crippen molar-refractivity contribution in [2.24, 2.45) is 0 Å². The average Bonchev–Trinajstić information content (AvgIpc) is 2.59. The summed E-state index contributed by atoms with van der Waals surface area (Å²) in [6.45, 7) is 0. The monoisotopic (exact) mass is 283 g/mol. The number of carbonyl (C=O) groups is 1. The first-order valence-corrected chi connectivity index (χ1v) is 6.98. The SMILES string of the molecule is N#Cc1cccc(C(=O)/C=C/c2cccc3ccccc23)c1. The molecule has 0 bridgehead atoms. The molecule has 0 aliphatic heterocycles. The molecule has 0 unspecified atom stereocenters. The quantitative estimate of drug-likeness (QED) is 0.520. The number of allylic oxidation sites excluding steroid dienone is 1. The molecule has 0 radical (unpaired) electrons. The molecule has 0 aromatic heterocycles. The van der Waals surface area contributed by atoms with Gasteiger partial charge in [-0.25, -0.2) is 0 Å². The lowest BCUT2D eigenvalue weighted by molar-refractivity contribution is 0.104. The van der Waals surface area contributed by atoms with E-state index in [9.17, 15) is 4.79 Å². The lowest BCUT2D eigenvalue weighted by atomic mass is 10.0. The standard InChI is InChI=1S/C20H13NO/c21-14-15-5-3-9-18(13-15)20(22)12-11-17-8-4-7-16-6-1-2-10-19(16)17/h1-13H/b12-11+. The fourth-order valence-electron chi connectivity index (χ4n) is 2.40. The molecule has 0 heterocycles. The van der Waals surface area contributed by atoms with Gasteiger partial charge in [-0.1, -0.05) is 60.7 Å².